The van der Waals surface area contributed by atoms with Crippen LogP contribution in [0.4, 0.5) is 0 Å². The van der Waals surface area contributed by atoms with Crippen molar-refractivity contribution in [3.63, 3.8) is 0 Å². The Morgan fingerprint density at radius 2 is 1.94 bits per heavy atom. The summed E-state index contributed by atoms with van der Waals surface area (Å²) < 4.78 is 27.5. The lowest BCUT2D eigenvalue weighted by atomic mass is 10.0. The lowest BCUT2D eigenvalue weighted by Crippen LogP contribution is -2.43. The fraction of sp³-hybridized carbons (Fsp3) is 1.00. The smallest absolute Gasteiger partial charge is 0.202 e. The molecule has 0 radical (unpaired) electrons. The minimum Gasteiger partial charge on any atom is -0.202 e. The second-order valence-corrected chi connectivity index (χ2v) is 6.41. The molecule has 98 valence electrons. The molecule has 1 atom stereocenters. The van der Waals surface area contributed by atoms with E-state index >= 15 is 0 Å². The van der Waals surface area contributed by atoms with E-state index in [1.54, 1.807) is 7.05 Å². The largest absolute Gasteiger partial charge is 0.279 e. The van der Waals surface area contributed by atoms with E-state index in [1.165, 1.54) is 4.31 Å². The molecule has 0 saturated heterocycles. The molecule has 0 heterocycles. The number of hydrogen-bond donors (Lipinski definition) is 1. The second-order valence-electron chi connectivity index (χ2n) is 4.22. The van der Waals surface area contributed by atoms with Gasteiger partial charge in [-0.1, -0.05) is 13.3 Å². The Hall–Kier alpha value is 0.160. The van der Waals surface area contributed by atoms with Crippen molar-refractivity contribution in [1.29, 1.82) is 0 Å². The quantitative estimate of drug-likeness (QED) is 0.684. The lowest BCUT2D eigenvalue weighted by molar-refractivity contribution is 0.394. The zero-order chi connectivity index (χ0) is 12.8. The summed E-state index contributed by atoms with van der Waals surface area (Å²) in [6.45, 7) is 6.19. The molecule has 0 aliphatic carbocycles. The van der Waals surface area contributed by atoms with Gasteiger partial charge in [0.1, 0.15) is 0 Å². The van der Waals surface area contributed by atoms with E-state index in [9.17, 15) is 8.42 Å². The van der Waals surface area contributed by atoms with Crippen LogP contribution in [0.15, 0.2) is 0 Å². The monoisotopic (exact) mass is 270 g/mol. The SMILES string of the molecule is CCC(CCCl)CNS(=O)(=O)N(C)C(C)C. The highest BCUT2D eigenvalue weighted by molar-refractivity contribution is 7.87. The minimum absolute atomic E-state index is 0.0365. The first-order chi connectivity index (χ1) is 7.35. The van der Waals surface area contributed by atoms with Gasteiger partial charge >= 0.3 is 0 Å². The van der Waals surface area contributed by atoms with Crippen LogP contribution in [0, 0.1) is 5.92 Å². The third kappa shape index (κ3) is 5.48. The van der Waals surface area contributed by atoms with Crippen LogP contribution in [-0.2, 0) is 10.2 Å². The second kappa shape index (κ2) is 7.48. The van der Waals surface area contributed by atoms with Crippen LogP contribution in [0.3, 0.4) is 0 Å². The van der Waals surface area contributed by atoms with Gasteiger partial charge in [0.15, 0.2) is 0 Å². The van der Waals surface area contributed by atoms with E-state index in [2.05, 4.69) is 4.72 Å². The highest BCUT2D eigenvalue weighted by atomic mass is 35.5. The summed E-state index contributed by atoms with van der Waals surface area (Å²) in [5.74, 6) is 0.883. The van der Waals surface area contributed by atoms with Crippen molar-refractivity contribution in [2.45, 2.75) is 39.7 Å². The predicted octanol–water partition coefficient (Wildman–Crippen LogP) is 1.82. The normalized spacial score (nSPS) is 14.7. The molecular weight excluding hydrogens is 248 g/mol. The summed E-state index contributed by atoms with van der Waals surface area (Å²) in [5.41, 5.74) is 0. The van der Waals surface area contributed by atoms with Crippen molar-refractivity contribution >= 4 is 21.8 Å². The number of hydrogen-bond acceptors (Lipinski definition) is 2. The van der Waals surface area contributed by atoms with Crippen molar-refractivity contribution in [3.05, 3.63) is 0 Å². The van der Waals surface area contributed by atoms with Gasteiger partial charge < -0.3 is 0 Å². The molecule has 4 nitrogen and oxygen atoms in total. The van der Waals surface area contributed by atoms with Crippen LogP contribution in [0.5, 0.6) is 0 Å². The molecule has 0 aliphatic heterocycles. The number of rotatable bonds is 8. The average Bonchev–Trinajstić information content (AvgIpc) is 2.22. The van der Waals surface area contributed by atoms with Crippen molar-refractivity contribution in [3.8, 4) is 0 Å². The first kappa shape index (κ1) is 16.2. The summed E-state index contributed by atoms with van der Waals surface area (Å²) in [7, 11) is -1.76. The van der Waals surface area contributed by atoms with E-state index in [1.807, 2.05) is 20.8 Å². The standard InChI is InChI=1S/C10H23ClN2O2S/c1-5-10(6-7-11)8-12-16(14,15)13(4)9(2)3/h9-10,12H,5-8H2,1-4H3. The highest BCUT2D eigenvalue weighted by Gasteiger charge is 2.20. The molecule has 0 amide bonds. The fourth-order valence-corrected chi connectivity index (χ4v) is 2.72. The maximum absolute atomic E-state index is 11.8. The summed E-state index contributed by atoms with van der Waals surface area (Å²) in [6.07, 6.45) is 1.77. The van der Waals surface area contributed by atoms with Gasteiger partial charge in [0, 0.05) is 25.5 Å². The Kier molecular flexibility index (Phi) is 7.55. The summed E-state index contributed by atoms with van der Waals surface area (Å²) in [5, 5.41) is 0. The van der Waals surface area contributed by atoms with Crippen LogP contribution in [0.2, 0.25) is 0 Å². The number of halogens is 1. The molecule has 0 aliphatic rings. The Labute approximate surface area is 105 Å². The maximum Gasteiger partial charge on any atom is 0.279 e. The molecule has 0 bridgehead atoms. The molecule has 1 unspecified atom stereocenters. The van der Waals surface area contributed by atoms with Gasteiger partial charge in [-0.25, -0.2) is 4.72 Å². The van der Waals surface area contributed by atoms with Gasteiger partial charge in [-0.05, 0) is 26.2 Å². The van der Waals surface area contributed by atoms with Gasteiger partial charge in [0.2, 0.25) is 0 Å². The van der Waals surface area contributed by atoms with Crippen molar-refractivity contribution in [1.82, 2.24) is 9.03 Å². The number of nitrogens with zero attached hydrogens (tertiary/aromatic N) is 1. The first-order valence-corrected chi connectivity index (χ1v) is 7.61. The number of nitrogens with one attached hydrogen (secondary N) is 1. The van der Waals surface area contributed by atoms with Gasteiger partial charge in [-0.15, -0.1) is 11.6 Å². The van der Waals surface area contributed by atoms with Crippen molar-refractivity contribution in [2.24, 2.45) is 5.92 Å². The van der Waals surface area contributed by atoms with Crippen molar-refractivity contribution < 1.29 is 8.42 Å². The average molecular weight is 271 g/mol. The molecule has 0 aromatic carbocycles. The molecule has 16 heavy (non-hydrogen) atoms. The van der Waals surface area contributed by atoms with Crippen LogP contribution in [0.25, 0.3) is 0 Å². The molecule has 1 N–H and O–H groups in total. The van der Waals surface area contributed by atoms with Crippen LogP contribution >= 0.6 is 11.6 Å². The third-order valence-corrected chi connectivity index (χ3v) is 4.69. The topological polar surface area (TPSA) is 49.4 Å². The summed E-state index contributed by atoms with van der Waals surface area (Å²) in [6, 6.07) is -0.0365. The van der Waals surface area contributed by atoms with E-state index in [0.29, 0.717) is 18.3 Å². The van der Waals surface area contributed by atoms with Gasteiger partial charge in [0.25, 0.3) is 10.2 Å². The molecule has 0 aromatic heterocycles. The summed E-state index contributed by atoms with van der Waals surface area (Å²) >= 11 is 5.65. The van der Waals surface area contributed by atoms with E-state index in [-0.39, 0.29) is 6.04 Å². The highest BCUT2D eigenvalue weighted by Crippen LogP contribution is 2.09. The Bertz CT molecular complexity index is 281. The molecule has 0 fully saturated rings. The Morgan fingerprint density at radius 3 is 2.31 bits per heavy atom. The molecular formula is C10H23ClN2O2S. The molecule has 0 spiro atoms. The minimum atomic E-state index is -3.34. The predicted molar refractivity (Wildman–Crippen MR) is 68.9 cm³/mol. The number of alkyl halides is 1. The van der Waals surface area contributed by atoms with Crippen molar-refractivity contribution in [2.75, 3.05) is 19.5 Å². The van der Waals surface area contributed by atoms with Gasteiger partial charge in [-0.3, -0.25) is 0 Å². The zero-order valence-electron chi connectivity index (χ0n) is 10.5. The first-order valence-electron chi connectivity index (χ1n) is 5.63. The van der Waals surface area contributed by atoms with Crippen LogP contribution in [0.1, 0.15) is 33.6 Å². The molecule has 0 aromatic rings. The molecule has 0 saturated carbocycles. The molecule has 6 heteroatoms. The van der Waals surface area contributed by atoms with Gasteiger partial charge in [0.05, 0.1) is 0 Å². The van der Waals surface area contributed by atoms with Crippen LogP contribution < -0.4 is 4.72 Å². The van der Waals surface area contributed by atoms with Gasteiger partial charge in [-0.2, -0.15) is 12.7 Å². The molecule has 0 rings (SSSR count). The van der Waals surface area contributed by atoms with E-state index < -0.39 is 10.2 Å². The third-order valence-electron chi connectivity index (χ3n) is 2.76. The maximum atomic E-state index is 11.8. The zero-order valence-corrected chi connectivity index (χ0v) is 12.1. The fourth-order valence-electron chi connectivity index (χ4n) is 1.21. The Balaban J connectivity index is 4.27. The summed E-state index contributed by atoms with van der Waals surface area (Å²) in [4.78, 5) is 0. The van der Waals surface area contributed by atoms with E-state index in [0.717, 1.165) is 12.8 Å². The Morgan fingerprint density at radius 1 is 1.38 bits per heavy atom. The van der Waals surface area contributed by atoms with Crippen LogP contribution in [-0.4, -0.2) is 38.2 Å². The van der Waals surface area contributed by atoms with E-state index in [4.69, 9.17) is 11.6 Å². The lowest BCUT2D eigenvalue weighted by Gasteiger charge is -2.23.